The van der Waals surface area contributed by atoms with Crippen molar-refractivity contribution in [2.75, 3.05) is 11.9 Å². The minimum Gasteiger partial charge on any atom is -0.356 e. The molecule has 2 aromatic rings. The van der Waals surface area contributed by atoms with Crippen LogP contribution >= 0.6 is 0 Å². The topological polar surface area (TPSA) is 38.0 Å². The number of benzene rings is 2. The molecular formula is C15H18N2. The van der Waals surface area contributed by atoms with Crippen LogP contribution in [-0.4, -0.2) is 6.54 Å². The molecule has 2 heteroatoms. The third-order valence-electron chi connectivity index (χ3n) is 2.73. The zero-order valence-corrected chi connectivity index (χ0v) is 10.1. The van der Waals surface area contributed by atoms with Gasteiger partial charge in [-0.2, -0.15) is 0 Å². The van der Waals surface area contributed by atoms with E-state index in [2.05, 4.69) is 60.8 Å². The Balaban J connectivity index is 2.05. The average Bonchev–Trinajstić information content (AvgIpc) is 2.35. The van der Waals surface area contributed by atoms with Gasteiger partial charge in [0.25, 0.3) is 0 Å². The van der Waals surface area contributed by atoms with E-state index in [1.807, 2.05) is 0 Å². The number of nitrogens with one attached hydrogen (secondary N) is 1. The fourth-order valence-electron chi connectivity index (χ4n) is 1.72. The molecule has 17 heavy (non-hydrogen) atoms. The lowest BCUT2D eigenvalue weighted by Gasteiger charge is -2.07. The maximum Gasteiger partial charge on any atom is 0.0384 e. The van der Waals surface area contributed by atoms with Crippen LogP contribution in [0.3, 0.4) is 0 Å². The maximum absolute atomic E-state index is 5.52. The Labute approximate surface area is 102 Å². The molecule has 3 N–H and O–H groups in total. The first-order valence-corrected chi connectivity index (χ1v) is 5.90. The lowest BCUT2D eigenvalue weighted by Crippen LogP contribution is -2.02. The van der Waals surface area contributed by atoms with E-state index < -0.39 is 0 Å². The second-order valence-corrected chi connectivity index (χ2v) is 4.23. The molecule has 0 heterocycles. The van der Waals surface area contributed by atoms with Crippen molar-refractivity contribution >= 4 is 11.4 Å². The highest BCUT2D eigenvalue weighted by atomic mass is 14.9. The number of anilines is 2. The number of aryl methyl sites for hydroxylation is 1. The van der Waals surface area contributed by atoms with Crippen LogP contribution < -0.4 is 11.1 Å². The van der Waals surface area contributed by atoms with Crippen LogP contribution in [-0.2, 0) is 6.42 Å². The molecule has 0 amide bonds. The molecule has 0 aliphatic heterocycles. The van der Waals surface area contributed by atoms with Gasteiger partial charge in [0, 0.05) is 11.4 Å². The maximum atomic E-state index is 5.52. The molecule has 0 unspecified atom stereocenters. The van der Waals surface area contributed by atoms with Gasteiger partial charge in [-0.15, -0.1) is 0 Å². The van der Waals surface area contributed by atoms with Crippen LogP contribution in [0.1, 0.15) is 11.1 Å². The highest BCUT2D eigenvalue weighted by Crippen LogP contribution is 2.17. The summed E-state index contributed by atoms with van der Waals surface area (Å²) in [6.07, 6.45) is 0.935. The fourth-order valence-corrected chi connectivity index (χ4v) is 1.72. The summed E-state index contributed by atoms with van der Waals surface area (Å²) in [5.74, 6) is 0. The molecule has 0 spiro atoms. The highest BCUT2D eigenvalue weighted by Gasteiger charge is 1.95. The summed E-state index contributed by atoms with van der Waals surface area (Å²) >= 11 is 0. The Kier molecular flexibility index (Phi) is 3.78. The van der Waals surface area contributed by atoms with Crippen molar-refractivity contribution in [2.45, 2.75) is 13.3 Å². The molecule has 0 atom stereocenters. The largest absolute Gasteiger partial charge is 0.356 e. The second-order valence-electron chi connectivity index (χ2n) is 4.23. The SMILES string of the molecule is Cc1ccc(Nc2ccc(CCN)cc2)cc1. The monoisotopic (exact) mass is 226 g/mol. The Morgan fingerprint density at radius 1 is 0.882 bits per heavy atom. The Morgan fingerprint density at radius 2 is 1.41 bits per heavy atom. The molecule has 0 saturated carbocycles. The fraction of sp³-hybridized carbons (Fsp3) is 0.200. The predicted octanol–water partition coefficient (Wildman–Crippen LogP) is 3.24. The van der Waals surface area contributed by atoms with E-state index in [1.165, 1.54) is 11.1 Å². The first-order valence-electron chi connectivity index (χ1n) is 5.90. The van der Waals surface area contributed by atoms with Gasteiger partial charge >= 0.3 is 0 Å². The van der Waals surface area contributed by atoms with Gasteiger partial charge in [0.1, 0.15) is 0 Å². The van der Waals surface area contributed by atoms with Gasteiger partial charge in [-0.05, 0) is 49.7 Å². The van der Waals surface area contributed by atoms with Gasteiger partial charge < -0.3 is 11.1 Å². The van der Waals surface area contributed by atoms with Crippen molar-refractivity contribution in [1.82, 2.24) is 0 Å². The normalized spacial score (nSPS) is 10.2. The van der Waals surface area contributed by atoms with Crippen molar-refractivity contribution in [3.8, 4) is 0 Å². The van der Waals surface area contributed by atoms with Crippen LogP contribution in [0.25, 0.3) is 0 Å². The van der Waals surface area contributed by atoms with Gasteiger partial charge in [-0.1, -0.05) is 29.8 Å². The highest BCUT2D eigenvalue weighted by molar-refractivity contribution is 5.59. The molecule has 0 saturated heterocycles. The first kappa shape index (κ1) is 11.7. The van der Waals surface area contributed by atoms with Crippen LogP contribution in [0.4, 0.5) is 11.4 Å². The Bertz CT molecular complexity index is 457. The molecular weight excluding hydrogens is 208 g/mol. The quantitative estimate of drug-likeness (QED) is 0.840. The summed E-state index contributed by atoms with van der Waals surface area (Å²) in [5, 5.41) is 3.37. The molecule has 0 radical (unpaired) electrons. The number of hydrogen-bond acceptors (Lipinski definition) is 2. The van der Waals surface area contributed by atoms with E-state index in [-0.39, 0.29) is 0 Å². The number of hydrogen-bond donors (Lipinski definition) is 2. The van der Waals surface area contributed by atoms with Crippen molar-refractivity contribution in [1.29, 1.82) is 0 Å². The van der Waals surface area contributed by atoms with Crippen LogP contribution in [0.5, 0.6) is 0 Å². The standard InChI is InChI=1S/C15H18N2/c1-12-2-6-14(7-3-12)17-15-8-4-13(5-9-15)10-11-16/h2-9,17H,10-11,16H2,1H3. The van der Waals surface area contributed by atoms with Crippen molar-refractivity contribution < 1.29 is 0 Å². The van der Waals surface area contributed by atoms with E-state index in [0.29, 0.717) is 6.54 Å². The van der Waals surface area contributed by atoms with E-state index in [9.17, 15) is 0 Å². The lowest BCUT2D eigenvalue weighted by molar-refractivity contribution is 0.969. The summed E-state index contributed by atoms with van der Waals surface area (Å²) in [6.45, 7) is 2.79. The van der Waals surface area contributed by atoms with Crippen molar-refractivity contribution in [2.24, 2.45) is 5.73 Å². The molecule has 2 nitrogen and oxygen atoms in total. The van der Waals surface area contributed by atoms with Crippen molar-refractivity contribution in [3.05, 3.63) is 59.7 Å². The molecule has 0 aromatic heterocycles. The van der Waals surface area contributed by atoms with Gasteiger partial charge in [0.15, 0.2) is 0 Å². The van der Waals surface area contributed by atoms with E-state index in [0.717, 1.165) is 17.8 Å². The summed E-state index contributed by atoms with van der Waals surface area (Å²) in [7, 11) is 0. The summed E-state index contributed by atoms with van der Waals surface area (Å²) in [6, 6.07) is 16.8. The third kappa shape index (κ3) is 3.33. The summed E-state index contributed by atoms with van der Waals surface area (Å²) in [4.78, 5) is 0. The predicted molar refractivity (Wildman–Crippen MR) is 73.7 cm³/mol. The summed E-state index contributed by atoms with van der Waals surface area (Å²) < 4.78 is 0. The number of nitrogens with two attached hydrogens (primary N) is 1. The van der Waals surface area contributed by atoms with Crippen LogP contribution in [0.15, 0.2) is 48.5 Å². The van der Waals surface area contributed by atoms with Gasteiger partial charge in [0.2, 0.25) is 0 Å². The Morgan fingerprint density at radius 3 is 1.94 bits per heavy atom. The molecule has 0 bridgehead atoms. The molecule has 88 valence electrons. The number of rotatable bonds is 4. The molecule has 2 rings (SSSR count). The lowest BCUT2D eigenvalue weighted by atomic mass is 10.1. The zero-order chi connectivity index (χ0) is 12.1. The molecule has 0 aliphatic carbocycles. The van der Waals surface area contributed by atoms with Gasteiger partial charge in [0.05, 0.1) is 0 Å². The summed E-state index contributed by atoms with van der Waals surface area (Å²) in [5.41, 5.74) is 10.3. The van der Waals surface area contributed by atoms with Crippen LogP contribution in [0.2, 0.25) is 0 Å². The Hall–Kier alpha value is -1.80. The van der Waals surface area contributed by atoms with E-state index in [1.54, 1.807) is 0 Å². The molecule has 0 fully saturated rings. The van der Waals surface area contributed by atoms with E-state index >= 15 is 0 Å². The smallest absolute Gasteiger partial charge is 0.0384 e. The van der Waals surface area contributed by atoms with E-state index in [4.69, 9.17) is 5.73 Å². The minimum absolute atomic E-state index is 0.699. The van der Waals surface area contributed by atoms with Crippen molar-refractivity contribution in [3.63, 3.8) is 0 Å². The van der Waals surface area contributed by atoms with Gasteiger partial charge in [-0.3, -0.25) is 0 Å². The molecule has 0 aliphatic rings. The first-order chi connectivity index (χ1) is 8.28. The molecule has 2 aromatic carbocycles. The van der Waals surface area contributed by atoms with Crippen LogP contribution in [0, 0.1) is 6.92 Å². The van der Waals surface area contributed by atoms with Gasteiger partial charge in [-0.25, -0.2) is 0 Å². The third-order valence-corrected chi connectivity index (χ3v) is 2.73. The zero-order valence-electron chi connectivity index (χ0n) is 10.1. The second kappa shape index (κ2) is 5.51. The minimum atomic E-state index is 0.699. The average molecular weight is 226 g/mol.